The lowest BCUT2D eigenvalue weighted by molar-refractivity contribution is 0.0966. The van der Waals surface area contributed by atoms with Crippen LogP contribution in [0.1, 0.15) is 26.7 Å². The molecule has 9 heteroatoms. The maximum Gasteiger partial charge on any atom is 0.335 e. The summed E-state index contributed by atoms with van der Waals surface area (Å²) in [6.45, 7) is 1.13. The molecule has 2 aromatic carbocycles. The molecular formula is C21H16FN5O3. The molecule has 0 atom stereocenters. The standard InChI is InChI=1S/C21H16FN5O3/c1-12-24-17(19(23)29)18-20(25-12)27(15-10-6-5-9-14(15)22)21(30)26(18)11-16(28)13-7-3-2-4-8-13/h2-10H,11H2,1H3,(H2,23,29). The van der Waals surface area contributed by atoms with E-state index in [-0.39, 0.29) is 34.2 Å². The monoisotopic (exact) mass is 405 g/mol. The third kappa shape index (κ3) is 3.16. The Kier molecular flexibility index (Phi) is 4.71. The van der Waals surface area contributed by atoms with E-state index in [0.717, 1.165) is 9.13 Å². The Morgan fingerprint density at radius 2 is 1.70 bits per heavy atom. The summed E-state index contributed by atoms with van der Waals surface area (Å²) in [5.41, 5.74) is 4.81. The first kappa shape index (κ1) is 19.2. The van der Waals surface area contributed by atoms with Crippen LogP contribution in [0.5, 0.6) is 0 Å². The van der Waals surface area contributed by atoms with Crippen molar-refractivity contribution in [3.05, 3.63) is 88.0 Å². The number of rotatable bonds is 5. The third-order valence-electron chi connectivity index (χ3n) is 4.61. The highest BCUT2D eigenvalue weighted by molar-refractivity contribution is 6.03. The fourth-order valence-electron chi connectivity index (χ4n) is 3.29. The highest BCUT2D eigenvalue weighted by Gasteiger charge is 2.25. The van der Waals surface area contributed by atoms with E-state index in [1.165, 1.54) is 25.1 Å². The Morgan fingerprint density at radius 3 is 2.37 bits per heavy atom. The summed E-state index contributed by atoms with van der Waals surface area (Å²) in [6.07, 6.45) is 0. The number of Topliss-reactive ketones (excluding diaryl/α,β-unsaturated/α-hetero) is 1. The maximum atomic E-state index is 14.5. The number of ketones is 1. The summed E-state index contributed by atoms with van der Waals surface area (Å²) in [7, 11) is 0. The number of halogens is 1. The van der Waals surface area contributed by atoms with Gasteiger partial charge in [0.05, 0.1) is 12.2 Å². The van der Waals surface area contributed by atoms with Crippen molar-refractivity contribution in [1.82, 2.24) is 19.1 Å². The van der Waals surface area contributed by atoms with E-state index < -0.39 is 24.0 Å². The zero-order valence-electron chi connectivity index (χ0n) is 15.9. The summed E-state index contributed by atoms with van der Waals surface area (Å²) in [5, 5.41) is 0. The van der Waals surface area contributed by atoms with Gasteiger partial charge in [-0.05, 0) is 19.1 Å². The topological polar surface area (TPSA) is 113 Å². The molecule has 30 heavy (non-hydrogen) atoms. The first-order valence-electron chi connectivity index (χ1n) is 9.01. The average Bonchev–Trinajstić information content (AvgIpc) is 2.99. The van der Waals surface area contributed by atoms with Crippen LogP contribution in [0.2, 0.25) is 0 Å². The Balaban J connectivity index is 2.04. The molecule has 8 nitrogen and oxygen atoms in total. The van der Waals surface area contributed by atoms with Crippen LogP contribution in [0.15, 0.2) is 59.4 Å². The van der Waals surface area contributed by atoms with Gasteiger partial charge < -0.3 is 5.73 Å². The van der Waals surface area contributed by atoms with Crippen molar-refractivity contribution in [2.75, 3.05) is 0 Å². The minimum absolute atomic E-state index is 0.00717. The van der Waals surface area contributed by atoms with Crippen LogP contribution in [0, 0.1) is 12.7 Å². The van der Waals surface area contributed by atoms with E-state index in [0.29, 0.717) is 5.56 Å². The molecule has 0 saturated carbocycles. The molecule has 0 spiro atoms. The second-order valence-electron chi connectivity index (χ2n) is 6.60. The predicted molar refractivity (Wildman–Crippen MR) is 107 cm³/mol. The van der Waals surface area contributed by atoms with Crippen molar-refractivity contribution in [2.45, 2.75) is 13.5 Å². The number of amides is 1. The number of imidazole rings is 1. The lowest BCUT2D eigenvalue weighted by Gasteiger charge is -2.06. The van der Waals surface area contributed by atoms with Crippen LogP contribution in [-0.2, 0) is 6.54 Å². The molecule has 0 aliphatic carbocycles. The van der Waals surface area contributed by atoms with E-state index in [4.69, 9.17) is 5.73 Å². The molecular weight excluding hydrogens is 389 g/mol. The van der Waals surface area contributed by atoms with Crippen LogP contribution in [0.25, 0.3) is 16.9 Å². The van der Waals surface area contributed by atoms with E-state index in [9.17, 15) is 18.8 Å². The molecule has 2 aromatic heterocycles. The molecule has 0 unspecified atom stereocenters. The highest BCUT2D eigenvalue weighted by atomic mass is 19.1. The number of hydrogen-bond donors (Lipinski definition) is 1. The summed E-state index contributed by atoms with van der Waals surface area (Å²) in [5.74, 6) is -1.75. The smallest absolute Gasteiger partial charge is 0.335 e. The summed E-state index contributed by atoms with van der Waals surface area (Å²) in [4.78, 5) is 46.4. The van der Waals surface area contributed by atoms with Crippen LogP contribution in [0.3, 0.4) is 0 Å². The number of fused-ring (bicyclic) bond motifs is 1. The van der Waals surface area contributed by atoms with Gasteiger partial charge in [-0.25, -0.2) is 23.7 Å². The van der Waals surface area contributed by atoms with Gasteiger partial charge in [0.1, 0.15) is 17.2 Å². The van der Waals surface area contributed by atoms with E-state index in [1.54, 1.807) is 36.4 Å². The van der Waals surface area contributed by atoms with Crippen molar-refractivity contribution in [3.63, 3.8) is 0 Å². The number of aromatic nitrogens is 4. The van der Waals surface area contributed by atoms with Gasteiger partial charge in [0.25, 0.3) is 5.91 Å². The quantitative estimate of drug-likeness (QED) is 0.511. The molecule has 0 aliphatic heterocycles. The minimum Gasteiger partial charge on any atom is -0.364 e. The van der Waals surface area contributed by atoms with Gasteiger partial charge in [-0.15, -0.1) is 0 Å². The molecule has 2 heterocycles. The van der Waals surface area contributed by atoms with Crippen molar-refractivity contribution >= 4 is 22.9 Å². The molecule has 1 amide bonds. The molecule has 0 aliphatic rings. The Bertz CT molecular complexity index is 1360. The predicted octanol–water partition coefficient (Wildman–Crippen LogP) is 2.01. The number of carbonyl (C=O) groups is 2. The fourth-order valence-corrected chi connectivity index (χ4v) is 3.29. The number of hydrogen-bond acceptors (Lipinski definition) is 5. The van der Waals surface area contributed by atoms with Gasteiger partial charge in [0.15, 0.2) is 17.1 Å². The largest absolute Gasteiger partial charge is 0.364 e. The number of aryl methyl sites for hydroxylation is 1. The van der Waals surface area contributed by atoms with Crippen LogP contribution in [-0.4, -0.2) is 30.8 Å². The summed E-state index contributed by atoms with van der Waals surface area (Å²) >= 11 is 0. The van der Waals surface area contributed by atoms with Gasteiger partial charge in [-0.3, -0.25) is 14.2 Å². The first-order valence-corrected chi connectivity index (χ1v) is 9.01. The van der Waals surface area contributed by atoms with Crippen LogP contribution >= 0.6 is 0 Å². The normalized spacial score (nSPS) is 11.0. The summed E-state index contributed by atoms with van der Waals surface area (Å²) < 4.78 is 16.6. The van der Waals surface area contributed by atoms with E-state index >= 15 is 0 Å². The Morgan fingerprint density at radius 1 is 1.03 bits per heavy atom. The van der Waals surface area contributed by atoms with Crippen molar-refractivity contribution in [1.29, 1.82) is 0 Å². The SMILES string of the molecule is Cc1nc(C(N)=O)c2c(n1)n(-c1ccccc1F)c(=O)n2CC(=O)c1ccccc1. The molecule has 150 valence electrons. The van der Waals surface area contributed by atoms with Gasteiger partial charge in [0.2, 0.25) is 0 Å². The van der Waals surface area contributed by atoms with Gasteiger partial charge in [0, 0.05) is 5.56 Å². The van der Waals surface area contributed by atoms with Crippen LogP contribution < -0.4 is 11.4 Å². The molecule has 0 fully saturated rings. The minimum atomic E-state index is -0.892. The average molecular weight is 405 g/mol. The number of nitrogens with zero attached hydrogens (tertiary/aromatic N) is 4. The molecule has 2 N–H and O–H groups in total. The highest BCUT2D eigenvalue weighted by Crippen LogP contribution is 2.21. The molecule has 4 rings (SSSR count). The lowest BCUT2D eigenvalue weighted by atomic mass is 10.1. The number of primary amides is 1. The van der Waals surface area contributed by atoms with Crippen molar-refractivity contribution in [3.8, 4) is 5.69 Å². The fraction of sp³-hybridized carbons (Fsp3) is 0.0952. The number of benzene rings is 2. The first-order chi connectivity index (χ1) is 14.4. The second-order valence-corrected chi connectivity index (χ2v) is 6.60. The van der Waals surface area contributed by atoms with Crippen LogP contribution in [0.4, 0.5) is 4.39 Å². The number of carbonyl (C=O) groups excluding carboxylic acids is 2. The van der Waals surface area contributed by atoms with Gasteiger partial charge in [-0.1, -0.05) is 42.5 Å². The zero-order valence-corrected chi connectivity index (χ0v) is 15.9. The van der Waals surface area contributed by atoms with E-state index in [2.05, 4.69) is 9.97 Å². The molecule has 0 bridgehead atoms. The molecule has 4 aromatic rings. The van der Waals surface area contributed by atoms with Crippen molar-refractivity contribution in [2.24, 2.45) is 5.73 Å². The Labute approximate surface area is 169 Å². The summed E-state index contributed by atoms with van der Waals surface area (Å²) in [6, 6.07) is 14.0. The number of para-hydroxylation sites is 1. The molecule has 0 radical (unpaired) electrons. The molecule has 0 saturated heterocycles. The van der Waals surface area contributed by atoms with Gasteiger partial charge >= 0.3 is 5.69 Å². The lowest BCUT2D eigenvalue weighted by Crippen LogP contribution is -2.27. The second kappa shape index (κ2) is 7.36. The third-order valence-corrected chi connectivity index (χ3v) is 4.61. The zero-order chi connectivity index (χ0) is 21.4. The van der Waals surface area contributed by atoms with Gasteiger partial charge in [-0.2, -0.15) is 0 Å². The number of nitrogens with two attached hydrogens (primary N) is 1. The van der Waals surface area contributed by atoms with E-state index in [1.807, 2.05) is 0 Å². The Hall–Kier alpha value is -4.14. The maximum absolute atomic E-state index is 14.5. The van der Waals surface area contributed by atoms with Crippen molar-refractivity contribution < 1.29 is 14.0 Å².